The van der Waals surface area contributed by atoms with Crippen LogP contribution in [0.4, 0.5) is 24.5 Å². The Labute approximate surface area is 219 Å². The van der Waals surface area contributed by atoms with E-state index in [9.17, 15) is 18.0 Å². The molecule has 1 fully saturated rings. The van der Waals surface area contributed by atoms with Gasteiger partial charge in [-0.3, -0.25) is 4.79 Å². The summed E-state index contributed by atoms with van der Waals surface area (Å²) in [6.07, 6.45) is -0.708. The van der Waals surface area contributed by atoms with Gasteiger partial charge in [-0.25, -0.2) is 0 Å². The maximum Gasteiger partial charge on any atom is 0.406 e. The van der Waals surface area contributed by atoms with E-state index in [0.717, 1.165) is 31.4 Å². The van der Waals surface area contributed by atoms with Gasteiger partial charge in [0.15, 0.2) is 0 Å². The van der Waals surface area contributed by atoms with Gasteiger partial charge in [0.1, 0.15) is 12.3 Å². The third kappa shape index (κ3) is 6.53. The molecule has 1 aliphatic carbocycles. The average molecular weight is 528 g/mol. The summed E-state index contributed by atoms with van der Waals surface area (Å²) in [5.74, 6) is 6.05. The zero-order chi connectivity index (χ0) is 27.3. The Balaban J connectivity index is 1.58. The van der Waals surface area contributed by atoms with Gasteiger partial charge in [-0.1, -0.05) is 12.0 Å². The lowest BCUT2D eigenvalue weighted by Crippen LogP contribution is -2.32. The Bertz CT molecular complexity index is 1350. The summed E-state index contributed by atoms with van der Waals surface area (Å²) in [6.45, 7) is -0.971. The highest BCUT2D eigenvalue weighted by atomic mass is 19.4. The summed E-state index contributed by atoms with van der Waals surface area (Å²) in [7, 11) is 3.03. The van der Waals surface area contributed by atoms with Crippen molar-refractivity contribution < 1.29 is 22.7 Å². The zero-order valence-corrected chi connectivity index (χ0v) is 21.4. The number of anilines is 2. The quantitative estimate of drug-likeness (QED) is 0.334. The number of hydrogen-bond acceptors (Lipinski definition) is 5. The highest BCUT2D eigenvalue weighted by Gasteiger charge is 2.30. The number of alkyl halides is 3. The maximum atomic E-state index is 13.5. The van der Waals surface area contributed by atoms with Crippen LogP contribution in [-0.4, -0.2) is 49.4 Å². The number of carbonyl (C=O) groups excluding carboxylic acids is 1. The number of fused-ring (bicyclic) bond motifs is 1. The Morgan fingerprint density at radius 1 is 1.13 bits per heavy atom. The van der Waals surface area contributed by atoms with E-state index >= 15 is 0 Å². The molecule has 0 saturated heterocycles. The van der Waals surface area contributed by atoms with Crippen molar-refractivity contribution in [1.82, 2.24) is 9.88 Å². The number of carbonyl (C=O) groups is 1. The molecule has 3 aromatic rings. The highest BCUT2D eigenvalue weighted by Crippen LogP contribution is 2.32. The van der Waals surface area contributed by atoms with Gasteiger partial charge in [-0.2, -0.15) is 13.2 Å². The first-order valence-corrected chi connectivity index (χ1v) is 12.5. The molecule has 0 atom stereocenters. The normalized spacial score (nSPS) is 17.4. The summed E-state index contributed by atoms with van der Waals surface area (Å²) < 4.78 is 47.0. The SMILES string of the molecule is CNC(=O)c1ccc(NCC#Cc2cc3c(N[C@H]4CC[C@H](N)CC4)cccc3n2CC(F)(F)F)c(OC)c1. The number of methoxy groups -OCH3 is 1. The van der Waals surface area contributed by atoms with E-state index in [1.807, 2.05) is 6.07 Å². The maximum absolute atomic E-state index is 13.5. The van der Waals surface area contributed by atoms with E-state index in [2.05, 4.69) is 27.8 Å². The lowest BCUT2D eigenvalue weighted by molar-refractivity contribution is -0.140. The molecule has 1 saturated carbocycles. The van der Waals surface area contributed by atoms with Gasteiger partial charge in [0.2, 0.25) is 0 Å². The predicted octanol–water partition coefficient (Wildman–Crippen LogP) is 4.72. The number of aromatic nitrogens is 1. The standard InChI is InChI=1S/C28H32F3N5O2/c1-33-27(37)18-8-13-24(26(15-18)38-2)34-14-4-5-21-16-22-23(35-20-11-9-19(32)10-12-20)6-3-7-25(22)36(21)17-28(29,30)31/h3,6-8,13,15-16,19-20,34-35H,9-12,14,17,32H2,1-2H3,(H,33,37)/t19-,20-. The summed E-state index contributed by atoms with van der Waals surface area (Å²) in [5.41, 5.74) is 8.63. The van der Waals surface area contributed by atoms with Crippen LogP contribution in [0, 0.1) is 11.8 Å². The lowest BCUT2D eigenvalue weighted by atomic mass is 9.91. The first kappa shape index (κ1) is 27.2. The second-order valence-electron chi connectivity index (χ2n) is 9.37. The molecule has 7 nitrogen and oxygen atoms in total. The fourth-order valence-corrected chi connectivity index (χ4v) is 4.74. The second-order valence-corrected chi connectivity index (χ2v) is 9.37. The number of halogens is 3. The average Bonchev–Trinajstić information content (AvgIpc) is 3.24. The van der Waals surface area contributed by atoms with E-state index in [-0.39, 0.29) is 30.2 Å². The van der Waals surface area contributed by atoms with Crippen LogP contribution in [0.25, 0.3) is 10.9 Å². The smallest absolute Gasteiger partial charge is 0.406 e. The summed E-state index contributed by atoms with van der Waals surface area (Å²) in [5, 5.41) is 9.88. The van der Waals surface area contributed by atoms with E-state index in [1.54, 1.807) is 43.4 Å². The summed E-state index contributed by atoms with van der Waals surface area (Å²) in [4.78, 5) is 11.9. The largest absolute Gasteiger partial charge is 0.495 e. The van der Waals surface area contributed by atoms with E-state index in [0.29, 0.717) is 27.9 Å². The van der Waals surface area contributed by atoms with Crippen molar-refractivity contribution in [2.24, 2.45) is 5.73 Å². The third-order valence-electron chi connectivity index (χ3n) is 6.69. The van der Waals surface area contributed by atoms with Crippen molar-refractivity contribution in [3.63, 3.8) is 0 Å². The van der Waals surface area contributed by atoms with Crippen molar-refractivity contribution in [1.29, 1.82) is 0 Å². The number of hydrogen-bond donors (Lipinski definition) is 4. The van der Waals surface area contributed by atoms with Crippen LogP contribution in [0.15, 0.2) is 42.5 Å². The monoisotopic (exact) mass is 527 g/mol. The minimum atomic E-state index is -4.40. The van der Waals surface area contributed by atoms with Gasteiger partial charge in [-0.05, 0) is 68.0 Å². The molecule has 10 heteroatoms. The molecule has 1 heterocycles. The van der Waals surface area contributed by atoms with E-state index in [4.69, 9.17) is 10.5 Å². The van der Waals surface area contributed by atoms with Gasteiger partial charge in [0.05, 0.1) is 30.6 Å². The number of ether oxygens (including phenoxy) is 1. The molecule has 0 radical (unpaired) electrons. The molecule has 0 bridgehead atoms. The predicted molar refractivity (Wildman–Crippen MR) is 144 cm³/mol. The molecule has 0 aliphatic heterocycles. The molecule has 4 rings (SSSR count). The van der Waals surface area contributed by atoms with E-state index < -0.39 is 12.7 Å². The topological polar surface area (TPSA) is 93.3 Å². The fourth-order valence-electron chi connectivity index (χ4n) is 4.74. The molecule has 1 aromatic heterocycles. The van der Waals surface area contributed by atoms with Gasteiger partial charge >= 0.3 is 6.18 Å². The van der Waals surface area contributed by atoms with Crippen LogP contribution in [-0.2, 0) is 6.54 Å². The minimum absolute atomic E-state index is 0.163. The van der Waals surface area contributed by atoms with Crippen LogP contribution in [0.5, 0.6) is 5.75 Å². The van der Waals surface area contributed by atoms with Crippen LogP contribution < -0.4 is 26.4 Å². The first-order valence-electron chi connectivity index (χ1n) is 12.5. The summed E-state index contributed by atoms with van der Waals surface area (Å²) in [6, 6.07) is 12.4. The molecule has 0 unspecified atom stereocenters. The number of benzene rings is 2. The highest BCUT2D eigenvalue weighted by molar-refractivity contribution is 5.95. The van der Waals surface area contributed by atoms with Gasteiger partial charge in [-0.15, -0.1) is 0 Å². The Morgan fingerprint density at radius 2 is 1.89 bits per heavy atom. The van der Waals surface area contributed by atoms with Gasteiger partial charge < -0.3 is 31.0 Å². The molecular weight excluding hydrogens is 495 g/mol. The van der Waals surface area contributed by atoms with Crippen LogP contribution in [0.3, 0.4) is 0 Å². The molecule has 1 aliphatic rings. The minimum Gasteiger partial charge on any atom is -0.495 e. The van der Waals surface area contributed by atoms with Crippen molar-refractivity contribution in [2.45, 2.75) is 50.5 Å². The molecule has 38 heavy (non-hydrogen) atoms. The Hall–Kier alpha value is -3.84. The number of nitrogens with one attached hydrogen (secondary N) is 3. The van der Waals surface area contributed by atoms with Crippen LogP contribution in [0.2, 0.25) is 0 Å². The number of nitrogens with two attached hydrogens (primary N) is 1. The molecular formula is C28H32F3N5O2. The fraction of sp³-hybridized carbons (Fsp3) is 0.393. The lowest BCUT2D eigenvalue weighted by Gasteiger charge is -2.28. The van der Waals surface area contributed by atoms with Gasteiger partial charge in [0, 0.05) is 35.8 Å². The number of rotatable bonds is 7. The molecule has 2 aromatic carbocycles. The van der Waals surface area contributed by atoms with Crippen molar-refractivity contribution in [2.75, 3.05) is 31.3 Å². The number of nitrogens with zero attached hydrogens (tertiary/aromatic N) is 1. The summed E-state index contributed by atoms with van der Waals surface area (Å²) >= 11 is 0. The first-order chi connectivity index (χ1) is 18.2. The number of amides is 1. The van der Waals surface area contributed by atoms with Crippen LogP contribution in [0.1, 0.15) is 41.7 Å². The Kier molecular flexibility index (Phi) is 8.37. The van der Waals surface area contributed by atoms with Crippen molar-refractivity contribution >= 4 is 28.2 Å². The Morgan fingerprint density at radius 3 is 2.58 bits per heavy atom. The zero-order valence-electron chi connectivity index (χ0n) is 21.4. The second kappa shape index (κ2) is 11.7. The van der Waals surface area contributed by atoms with Gasteiger partial charge in [0.25, 0.3) is 5.91 Å². The third-order valence-corrected chi connectivity index (χ3v) is 6.69. The van der Waals surface area contributed by atoms with Crippen LogP contribution >= 0.6 is 0 Å². The van der Waals surface area contributed by atoms with Crippen molar-refractivity contribution in [3.05, 3.63) is 53.7 Å². The molecule has 0 spiro atoms. The molecule has 202 valence electrons. The van der Waals surface area contributed by atoms with Crippen molar-refractivity contribution in [3.8, 4) is 17.6 Å². The molecule has 5 N–H and O–H groups in total. The molecule has 1 amide bonds. The van der Waals surface area contributed by atoms with E-state index in [1.165, 1.54) is 11.7 Å².